The predicted octanol–water partition coefficient (Wildman–Crippen LogP) is 5.49. The fourth-order valence-electron chi connectivity index (χ4n) is 4.01. The number of benzene rings is 4. The minimum absolute atomic E-state index is 0.0441. The summed E-state index contributed by atoms with van der Waals surface area (Å²) in [5.74, 6) is -2.90. The van der Waals surface area contributed by atoms with Crippen molar-refractivity contribution in [3.63, 3.8) is 0 Å². The molecule has 4 aromatic rings. The maximum atomic E-state index is 13.3. The number of halogens is 2. The van der Waals surface area contributed by atoms with Crippen LogP contribution in [0.2, 0.25) is 0 Å². The first kappa shape index (κ1) is 19.6. The monoisotopic (exact) mass is 428 g/mol. The molecule has 156 valence electrons. The van der Waals surface area contributed by atoms with Crippen LogP contribution in [0.3, 0.4) is 0 Å². The van der Waals surface area contributed by atoms with Crippen molar-refractivity contribution in [2.24, 2.45) is 0 Å². The topological polar surface area (TPSA) is 74.6 Å². The highest BCUT2D eigenvalue weighted by molar-refractivity contribution is 6.31. The Kier molecular flexibility index (Phi) is 4.37. The smallest absolute Gasteiger partial charge is 0.198 e. The van der Waals surface area contributed by atoms with Crippen molar-refractivity contribution in [1.29, 1.82) is 0 Å². The molecular weight excluding hydrogens is 414 g/mol. The summed E-state index contributed by atoms with van der Waals surface area (Å²) in [6.07, 6.45) is 0. The summed E-state index contributed by atoms with van der Waals surface area (Å²) in [5.41, 5.74) is 1.09. The van der Waals surface area contributed by atoms with Gasteiger partial charge in [-0.15, -0.1) is 0 Å². The van der Waals surface area contributed by atoms with Gasteiger partial charge >= 0.3 is 0 Å². The third-order valence-electron chi connectivity index (χ3n) is 5.61. The number of phenols is 2. The van der Waals surface area contributed by atoms with E-state index in [0.717, 1.165) is 0 Å². The number of fused-ring (bicyclic) bond motifs is 2. The van der Waals surface area contributed by atoms with Gasteiger partial charge in [0.15, 0.2) is 11.6 Å². The van der Waals surface area contributed by atoms with Crippen LogP contribution in [-0.2, 0) is 0 Å². The van der Waals surface area contributed by atoms with E-state index in [1.165, 1.54) is 72.8 Å². The van der Waals surface area contributed by atoms with Gasteiger partial charge in [0.2, 0.25) is 0 Å². The van der Waals surface area contributed by atoms with Crippen LogP contribution < -0.4 is 0 Å². The Labute approximate surface area is 181 Å². The Balaban J connectivity index is 1.67. The van der Waals surface area contributed by atoms with Crippen LogP contribution in [-0.4, -0.2) is 21.8 Å². The first-order valence-electron chi connectivity index (χ1n) is 9.70. The molecule has 4 nitrogen and oxygen atoms in total. The van der Waals surface area contributed by atoms with E-state index in [0.29, 0.717) is 11.1 Å². The summed E-state index contributed by atoms with van der Waals surface area (Å²) in [7, 11) is 0. The van der Waals surface area contributed by atoms with Gasteiger partial charge in [-0.2, -0.15) is 0 Å². The van der Waals surface area contributed by atoms with E-state index in [2.05, 4.69) is 0 Å². The van der Waals surface area contributed by atoms with E-state index < -0.39 is 23.2 Å². The lowest BCUT2D eigenvalue weighted by atomic mass is 9.80. The van der Waals surface area contributed by atoms with Gasteiger partial charge in [0.25, 0.3) is 0 Å². The molecule has 0 spiro atoms. The molecule has 4 aromatic carbocycles. The SMILES string of the molecule is O=C1c2ccc(-c3ccc(F)cc3)c(O)c2C(=O)c2ccc(-c3ccc(F)cc3)c(O)c21. The van der Waals surface area contributed by atoms with Crippen molar-refractivity contribution in [2.75, 3.05) is 0 Å². The summed E-state index contributed by atoms with van der Waals surface area (Å²) in [5, 5.41) is 21.7. The van der Waals surface area contributed by atoms with E-state index in [1.54, 1.807) is 0 Å². The molecule has 5 rings (SSSR count). The molecule has 0 saturated heterocycles. The quantitative estimate of drug-likeness (QED) is 0.390. The average molecular weight is 428 g/mol. The van der Waals surface area contributed by atoms with E-state index in [4.69, 9.17) is 0 Å². The normalized spacial score (nSPS) is 12.4. The van der Waals surface area contributed by atoms with Crippen LogP contribution in [0, 0.1) is 11.6 Å². The van der Waals surface area contributed by atoms with Crippen molar-refractivity contribution >= 4 is 11.6 Å². The van der Waals surface area contributed by atoms with E-state index in [9.17, 15) is 28.6 Å². The Morgan fingerprint density at radius 3 is 1.12 bits per heavy atom. The zero-order valence-corrected chi connectivity index (χ0v) is 16.4. The van der Waals surface area contributed by atoms with Crippen LogP contribution >= 0.6 is 0 Å². The number of aromatic hydroxyl groups is 2. The van der Waals surface area contributed by atoms with Crippen LogP contribution in [0.4, 0.5) is 8.78 Å². The van der Waals surface area contributed by atoms with Crippen molar-refractivity contribution in [1.82, 2.24) is 0 Å². The van der Waals surface area contributed by atoms with Gasteiger partial charge in [-0.25, -0.2) is 8.78 Å². The Hall–Kier alpha value is -4.32. The maximum absolute atomic E-state index is 13.3. The molecule has 1 aliphatic carbocycles. The lowest BCUT2D eigenvalue weighted by Gasteiger charge is -2.22. The molecule has 0 saturated carbocycles. The van der Waals surface area contributed by atoms with E-state index in [1.807, 2.05) is 0 Å². The molecule has 32 heavy (non-hydrogen) atoms. The summed E-state index contributed by atoms with van der Waals surface area (Å²) in [4.78, 5) is 26.4. The van der Waals surface area contributed by atoms with Crippen LogP contribution in [0.5, 0.6) is 11.5 Å². The molecular formula is C26H14F2O4. The minimum Gasteiger partial charge on any atom is -0.507 e. The number of carbonyl (C=O) groups excluding carboxylic acids is 2. The Morgan fingerprint density at radius 2 is 0.781 bits per heavy atom. The van der Waals surface area contributed by atoms with Gasteiger partial charge in [-0.1, -0.05) is 24.3 Å². The molecule has 0 unspecified atom stereocenters. The Morgan fingerprint density at radius 1 is 0.469 bits per heavy atom. The van der Waals surface area contributed by atoms with Crippen molar-refractivity contribution in [3.8, 4) is 33.8 Å². The maximum Gasteiger partial charge on any atom is 0.198 e. The first-order valence-corrected chi connectivity index (χ1v) is 9.70. The fourth-order valence-corrected chi connectivity index (χ4v) is 4.01. The molecule has 0 fully saturated rings. The third-order valence-corrected chi connectivity index (χ3v) is 5.61. The second-order valence-corrected chi connectivity index (χ2v) is 7.44. The van der Waals surface area contributed by atoms with Crippen molar-refractivity contribution in [2.45, 2.75) is 0 Å². The number of hydrogen-bond acceptors (Lipinski definition) is 4. The summed E-state index contributed by atoms with van der Waals surface area (Å²) in [6.45, 7) is 0. The number of rotatable bonds is 2. The minimum atomic E-state index is -0.614. The fraction of sp³-hybridized carbons (Fsp3) is 0. The van der Waals surface area contributed by atoms with Gasteiger partial charge in [0.05, 0.1) is 11.1 Å². The standard InChI is InChI=1S/C26H14F2O4/c27-15-5-1-13(2-6-15)17-9-11-19-21(23(17)29)25(31)20-12-10-18(24(30)22(20)26(19)32)14-3-7-16(28)8-4-14/h1-12,29-30H. The van der Waals surface area contributed by atoms with Crippen LogP contribution in [0.15, 0.2) is 72.8 Å². The molecule has 0 bridgehead atoms. The highest BCUT2D eigenvalue weighted by Crippen LogP contribution is 2.43. The number of hydrogen-bond donors (Lipinski definition) is 2. The van der Waals surface area contributed by atoms with Crippen molar-refractivity contribution < 1.29 is 28.6 Å². The van der Waals surface area contributed by atoms with Gasteiger partial charge in [0.1, 0.15) is 23.1 Å². The largest absolute Gasteiger partial charge is 0.507 e. The molecule has 0 aliphatic heterocycles. The molecule has 2 N–H and O–H groups in total. The molecule has 0 heterocycles. The van der Waals surface area contributed by atoms with E-state index >= 15 is 0 Å². The summed E-state index contributed by atoms with van der Waals surface area (Å²) >= 11 is 0. The Bertz CT molecular complexity index is 1310. The second-order valence-electron chi connectivity index (χ2n) is 7.44. The second kappa shape index (κ2) is 7.13. The molecule has 0 radical (unpaired) electrons. The van der Waals surface area contributed by atoms with Crippen LogP contribution in [0.25, 0.3) is 22.3 Å². The molecule has 0 aromatic heterocycles. The summed E-state index contributed by atoms with van der Waals surface area (Å²) in [6, 6.07) is 16.5. The lowest BCUT2D eigenvalue weighted by Crippen LogP contribution is -2.21. The highest BCUT2D eigenvalue weighted by Gasteiger charge is 2.36. The number of carbonyl (C=O) groups is 2. The molecule has 6 heteroatoms. The van der Waals surface area contributed by atoms with Gasteiger partial charge in [0, 0.05) is 22.3 Å². The van der Waals surface area contributed by atoms with Gasteiger partial charge in [-0.3, -0.25) is 9.59 Å². The summed E-state index contributed by atoms with van der Waals surface area (Å²) < 4.78 is 26.5. The third kappa shape index (κ3) is 2.88. The predicted molar refractivity (Wildman–Crippen MR) is 114 cm³/mol. The number of ketones is 2. The lowest BCUT2D eigenvalue weighted by molar-refractivity contribution is 0.0974. The van der Waals surface area contributed by atoms with Crippen LogP contribution in [0.1, 0.15) is 31.8 Å². The first-order chi connectivity index (χ1) is 15.4. The molecule has 0 atom stereocenters. The van der Waals surface area contributed by atoms with Crippen molar-refractivity contribution in [3.05, 3.63) is 107 Å². The highest BCUT2D eigenvalue weighted by atomic mass is 19.1. The molecule has 0 amide bonds. The molecule has 1 aliphatic rings. The zero-order valence-electron chi connectivity index (χ0n) is 16.4. The van der Waals surface area contributed by atoms with Gasteiger partial charge in [-0.05, 0) is 59.7 Å². The zero-order chi connectivity index (χ0) is 22.6. The number of phenolic OH excluding ortho intramolecular Hbond substituents is 2. The van der Waals surface area contributed by atoms with E-state index in [-0.39, 0.29) is 44.9 Å². The average Bonchev–Trinajstić information content (AvgIpc) is 2.78. The van der Waals surface area contributed by atoms with Gasteiger partial charge < -0.3 is 10.2 Å².